The van der Waals surface area contributed by atoms with Gasteiger partial charge in [0, 0.05) is 17.6 Å². The zero-order valence-corrected chi connectivity index (χ0v) is 13.2. The van der Waals surface area contributed by atoms with Gasteiger partial charge in [0.15, 0.2) is 0 Å². The van der Waals surface area contributed by atoms with Crippen LogP contribution >= 0.6 is 11.6 Å². The number of ether oxygens (including phenoxy) is 1. The SMILES string of the molecule is CNC(=O)c1ccc(OC)c(NC(=O)c2cc(Cl)ccc2F)c1. The molecule has 0 aliphatic rings. The fraction of sp³-hybridized carbons (Fsp3) is 0.125. The molecule has 23 heavy (non-hydrogen) atoms. The number of nitrogens with one attached hydrogen (secondary N) is 2. The van der Waals surface area contributed by atoms with Crippen LogP contribution in [0.5, 0.6) is 5.75 Å². The number of rotatable bonds is 4. The molecule has 0 fully saturated rings. The molecule has 120 valence electrons. The Labute approximate surface area is 137 Å². The zero-order valence-electron chi connectivity index (χ0n) is 12.4. The fourth-order valence-corrected chi connectivity index (χ4v) is 2.12. The van der Waals surface area contributed by atoms with Crippen molar-refractivity contribution in [3.8, 4) is 5.75 Å². The third-order valence-electron chi connectivity index (χ3n) is 3.11. The maximum atomic E-state index is 13.8. The molecule has 0 saturated heterocycles. The summed E-state index contributed by atoms with van der Waals surface area (Å²) in [6.07, 6.45) is 0. The predicted molar refractivity (Wildman–Crippen MR) is 85.7 cm³/mol. The van der Waals surface area contributed by atoms with Gasteiger partial charge in [-0.3, -0.25) is 9.59 Å². The van der Waals surface area contributed by atoms with Crippen LogP contribution in [0.25, 0.3) is 0 Å². The molecule has 0 aliphatic heterocycles. The van der Waals surface area contributed by atoms with Gasteiger partial charge in [-0.15, -0.1) is 0 Å². The van der Waals surface area contributed by atoms with E-state index < -0.39 is 11.7 Å². The predicted octanol–water partition coefficient (Wildman–Crippen LogP) is 3.10. The zero-order chi connectivity index (χ0) is 17.0. The Hall–Kier alpha value is -2.60. The van der Waals surface area contributed by atoms with Crippen LogP contribution in [0, 0.1) is 5.82 Å². The molecule has 0 unspecified atom stereocenters. The number of methoxy groups -OCH3 is 1. The lowest BCUT2D eigenvalue weighted by atomic mass is 10.1. The summed E-state index contributed by atoms with van der Waals surface area (Å²) in [4.78, 5) is 23.9. The third kappa shape index (κ3) is 3.78. The van der Waals surface area contributed by atoms with E-state index >= 15 is 0 Å². The Morgan fingerprint density at radius 3 is 2.52 bits per heavy atom. The normalized spacial score (nSPS) is 10.1. The molecule has 2 rings (SSSR count). The van der Waals surface area contributed by atoms with Gasteiger partial charge in [0.2, 0.25) is 0 Å². The van der Waals surface area contributed by atoms with Crippen molar-refractivity contribution in [3.63, 3.8) is 0 Å². The van der Waals surface area contributed by atoms with Crippen LogP contribution in [-0.2, 0) is 0 Å². The van der Waals surface area contributed by atoms with Crippen molar-refractivity contribution in [2.75, 3.05) is 19.5 Å². The van der Waals surface area contributed by atoms with Gasteiger partial charge in [-0.25, -0.2) is 4.39 Å². The molecular weight excluding hydrogens is 323 g/mol. The van der Waals surface area contributed by atoms with Crippen molar-refractivity contribution in [2.24, 2.45) is 0 Å². The molecule has 2 amide bonds. The Bertz CT molecular complexity index is 765. The molecule has 2 aromatic rings. The van der Waals surface area contributed by atoms with Crippen molar-refractivity contribution >= 4 is 29.1 Å². The van der Waals surface area contributed by atoms with E-state index in [9.17, 15) is 14.0 Å². The highest BCUT2D eigenvalue weighted by atomic mass is 35.5. The van der Waals surface area contributed by atoms with Crippen molar-refractivity contribution in [3.05, 3.63) is 58.4 Å². The monoisotopic (exact) mass is 336 g/mol. The summed E-state index contributed by atoms with van der Waals surface area (Å²) in [7, 11) is 2.91. The molecule has 0 aliphatic carbocycles. The Morgan fingerprint density at radius 1 is 1.13 bits per heavy atom. The van der Waals surface area contributed by atoms with Crippen LogP contribution in [0.2, 0.25) is 5.02 Å². The quantitative estimate of drug-likeness (QED) is 0.901. The maximum absolute atomic E-state index is 13.8. The van der Waals surface area contributed by atoms with E-state index in [1.807, 2.05) is 0 Å². The molecule has 0 spiro atoms. The summed E-state index contributed by atoms with van der Waals surface area (Å²) in [6.45, 7) is 0. The van der Waals surface area contributed by atoms with E-state index in [1.165, 1.54) is 38.4 Å². The van der Waals surface area contributed by atoms with Gasteiger partial charge in [-0.2, -0.15) is 0 Å². The largest absolute Gasteiger partial charge is 0.495 e. The second kappa shape index (κ2) is 7.11. The third-order valence-corrected chi connectivity index (χ3v) is 3.35. The molecule has 0 heterocycles. The van der Waals surface area contributed by atoms with Gasteiger partial charge in [0.25, 0.3) is 11.8 Å². The highest BCUT2D eigenvalue weighted by Gasteiger charge is 2.16. The molecule has 2 N–H and O–H groups in total. The fourth-order valence-electron chi connectivity index (χ4n) is 1.95. The lowest BCUT2D eigenvalue weighted by molar-refractivity contribution is 0.0961. The minimum Gasteiger partial charge on any atom is -0.495 e. The van der Waals surface area contributed by atoms with Crippen molar-refractivity contribution < 1.29 is 18.7 Å². The number of carbonyl (C=O) groups excluding carboxylic acids is 2. The van der Waals surface area contributed by atoms with Crippen molar-refractivity contribution in [1.29, 1.82) is 0 Å². The van der Waals surface area contributed by atoms with Gasteiger partial charge >= 0.3 is 0 Å². The molecule has 0 aromatic heterocycles. The first kappa shape index (κ1) is 16.8. The highest BCUT2D eigenvalue weighted by molar-refractivity contribution is 6.31. The molecule has 0 bridgehead atoms. The molecule has 0 radical (unpaired) electrons. The average Bonchev–Trinajstić information content (AvgIpc) is 2.56. The Morgan fingerprint density at radius 2 is 1.87 bits per heavy atom. The molecule has 0 saturated carbocycles. The number of halogens is 2. The lowest BCUT2D eigenvalue weighted by Crippen LogP contribution is -2.19. The van der Waals surface area contributed by atoms with Gasteiger partial charge < -0.3 is 15.4 Å². The minimum absolute atomic E-state index is 0.204. The van der Waals surface area contributed by atoms with Crippen LogP contribution in [-0.4, -0.2) is 26.0 Å². The topological polar surface area (TPSA) is 67.4 Å². The molecule has 5 nitrogen and oxygen atoms in total. The van der Waals surface area contributed by atoms with Crippen molar-refractivity contribution in [2.45, 2.75) is 0 Å². The highest BCUT2D eigenvalue weighted by Crippen LogP contribution is 2.26. The van der Waals surface area contributed by atoms with Crippen LogP contribution < -0.4 is 15.4 Å². The van der Waals surface area contributed by atoms with E-state index in [2.05, 4.69) is 10.6 Å². The number of anilines is 1. The molecule has 2 aromatic carbocycles. The number of amides is 2. The first-order valence-corrected chi connectivity index (χ1v) is 7.00. The first-order chi connectivity index (χ1) is 11.0. The second-order valence-electron chi connectivity index (χ2n) is 4.57. The van der Waals surface area contributed by atoms with Crippen LogP contribution in [0.1, 0.15) is 20.7 Å². The minimum atomic E-state index is -0.701. The molecular formula is C16H14ClFN2O3. The second-order valence-corrected chi connectivity index (χ2v) is 5.01. The van der Waals surface area contributed by atoms with Crippen LogP contribution in [0.15, 0.2) is 36.4 Å². The molecule has 0 atom stereocenters. The van der Waals surface area contributed by atoms with Crippen LogP contribution in [0.3, 0.4) is 0 Å². The number of hydrogen-bond donors (Lipinski definition) is 2. The molecule has 7 heteroatoms. The summed E-state index contributed by atoms with van der Waals surface area (Å²) in [5.74, 6) is -1.38. The smallest absolute Gasteiger partial charge is 0.258 e. The van der Waals surface area contributed by atoms with E-state index in [-0.39, 0.29) is 22.2 Å². The number of benzene rings is 2. The standard InChI is InChI=1S/C16H14ClFN2O3/c1-19-15(21)9-3-6-14(23-2)13(7-9)20-16(22)11-8-10(17)4-5-12(11)18/h3-8H,1-2H3,(H,19,21)(H,20,22). The lowest BCUT2D eigenvalue weighted by Gasteiger charge is -2.12. The summed E-state index contributed by atoms with van der Waals surface area (Å²) in [5, 5.41) is 5.24. The summed E-state index contributed by atoms with van der Waals surface area (Å²) >= 11 is 5.78. The Balaban J connectivity index is 2.36. The summed E-state index contributed by atoms with van der Waals surface area (Å²) in [5.41, 5.74) is 0.373. The number of hydrogen-bond acceptors (Lipinski definition) is 3. The number of carbonyl (C=O) groups is 2. The van der Waals surface area contributed by atoms with E-state index in [1.54, 1.807) is 6.07 Å². The van der Waals surface area contributed by atoms with Gasteiger partial charge in [-0.1, -0.05) is 11.6 Å². The maximum Gasteiger partial charge on any atom is 0.258 e. The first-order valence-electron chi connectivity index (χ1n) is 6.62. The van der Waals surface area contributed by atoms with E-state index in [0.717, 1.165) is 6.07 Å². The summed E-state index contributed by atoms with van der Waals surface area (Å²) in [6, 6.07) is 8.21. The van der Waals surface area contributed by atoms with Crippen LogP contribution in [0.4, 0.5) is 10.1 Å². The van der Waals surface area contributed by atoms with E-state index in [0.29, 0.717) is 11.3 Å². The summed E-state index contributed by atoms with van der Waals surface area (Å²) < 4.78 is 18.9. The van der Waals surface area contributed by atoms with E-state index in [4.69, 9.17) is 16.3 Å². The van der Waals surface area contributed by atoms with Crippen molar-refractivity contribution in [1.82, 2.24) is 5.32 Å². The Kier molecular flexibility index (Phi) is 5.18. The van der Waals surface area contributed by atoms with Gasteiger partial charge in [0.1, 0.15) is 11.6 Å². The average molecular weight is 337 g/mol. The van der Waals surface area contributed by atoms with Gasteiger partial charge in [0.05, 0.1) is 18.4 Å². The van der Waals surface area contributed by atoms with Gasteiger partial charge in [-0.05, 0) is 36.4 Å².